The summed E-state index contributed by atoms with van der Waals surface area (Å²) in [6, 6.07) is 6.46. The molecule has 2 aromatic rings. The van der Waals surface area contributed by atoms with Crippen LogP contribution in [0.4, 0.5) is 17.6 Å². The van der Waals surface area contributed by atoms with Crippen molar-refractivity contribution in [2.75, 3.05) is 0 Å². The van der Waals surface area contributed by atoms with E-state index in [0.29, 0.717) is 0 Å². The van der Waals surface area contributed by atoms with Crippen molar-refractivity contribution in [2.24, 2.45) is 0 Å². The predicted molar refractivity (Wildman–Crippen MR) is 79.0 cm³/mol. The zero-order valence-electron chi connectivity index (χ0n) is 11.3. The van der Waals surface area contributed by atoms with Crippen LogP contribution in [-0.2, 0) is 12.7 Å². The zero-order valence-corrected chi connectivity index (χ0v) is 12.9. The third-order valence-electron chi connectivity index (χ3n) is 2.96. The van der Waals surface area contributed by atoms with Gasteiger partial charge in [-0.3, -0.25) is 4.79 Å². The van der Waals surface area contributed by atoms with Crippen molar-refractivity contribution in [3.63, 3.8) is 0 Å². The normalized spacial score (nSPS) is 11.4. The molecule has 0 unspecified atom stereocenters. The molecule has 0 aliphatic carbocycles. The largest absolute Gasteiger partial charge is 0.416 e. The van der Waals surface area contributed by atoms with Crippen molar-refractivity contribution >= 4 is 29.1 Å². The molecular weight excluding hydrogens is 357 g/mol. The fourth-order valence-electron chi connectivity index (χ4n) is 1.83. The molecule has 8 heteroatoms. The lowest BCUT2D eigenvalue weighted by Gasteiger charge is -2.10. The van der Waals surface area contributed by atoms with Gasteiger partial charge in [0.1, 0.15) is 5.82 Å². The first-order chi connectivity index (χ1) is 10.7. The molecule has 2 aromatic carbocycles. The molecule has 0 atom stereocenters. The lowest BCUT2D eigenvalue weighted by atomic mass is 10.1. The molecular formula is C15H9Cl2F4NO. The van der Waals surface area contributed by atoms with Gasteiger partial charge in [-0.2, -0.15) is 13.2 Å². The van der Waals surface area contributed by atoms with Crippen molar-refractivity contribution in [1.82, 2.24) is 5.32 Å². The highest BCUT2D eigenvalue weighted by Crippen LogP contribution is 2.29. The molecule has 0 heterocycles. The number of rotatable bonds is 3. The van der Waals surface area contributed by atoms with Gasteiger partial charge in [0, 0.05) is 6.54 Å². The van der Waals surface area contributed by atoms with Gasteiger partial charge in [-0.15, -0.1) is 0 Å². The van der Waals surface area contributed by atoms with E-state index in [4.69, 9.17) is 23.2 Å². The highest BCUT2D eigenvalue weighted by atomic mass is 35.5. The van der Waals surface area contributed by atoms with Crippen LogP contribution < -0.4 is 5.32 Å². The molecule has 23 heavy (non-hydrogen) atoms. The Morgan fingerprint density at radius 2 is 1.78 bits per heavy atom. The summed E-state index contributed by atoms with van der Waals surface area (Å²) in [5.74, 6) is -1.54. The van der Waals surface area contributed by atoms with Crippen molar-refractivity contribution in [2.45, 2.75) is 12.7 Å². The summed E-state index contributed by atoms with van der Waals surface area (Å²) in [4.78, 5) is 12.0. The van der Waals surface area contributed by atoms with Gasteiger partial charge in [0.2, 0.25) is 0 Å². The number of alkyl halides is 3. The third kappa shape index (κ3) is 4.36. The van der Waals surface area contributed by atoms with Gasteiger partial charge < -0.3 is 5.32 Å². The van der Waals surface area contributed by atoms with Crippen LogP contribution in [0, 0.1) is 5.82 Å². The molecule has 0 radical (unpaired) electrons. The number of carbonyl (C=O) groups excluding carboxylic acids is 1. The maximum absolute atomic E-state index is 13.4. The summed E-state index contributed by atoms with van der Waals surface area (Å²) in [5, 5.41) is 2.09. The van der Waals surface area contributed by atoms with E-state index >= 15 is 0 Å². The van der Waals surface area contributed by atoms with Gasteiger partial charge in [-0.25, -0.2) is 4.39 Å². The molecule has 1 N–H and O–H groups in total. The summed E-state index contributed by atoms with van der Waals surface area (Å²) in [5.41, 5.74) is -0.723. The Kier molecular flexibility index (Phi) is 5.16. The lowest BCUT2D eigenvalue weighted by molar-refractivity contribution is -0.137. The Bertz CT molecular complexity index is 747. The highest BCUT2D eigenvalue weighted by molar-refractivity contribution is 6.36. The molecule has 0 saturated heterocycles. The van der Waals surface area contributed by atoms with E-state index in [1.54, 1.807) is 0 Å². The summed E-state index contributed by atoms with van der Waals surface area (Å²) in [6.07, 6.45) is -4.47. The van der Waals surface area contributed by atoms with E-state index in [1.165, 1.54) is 12.1 Å². The summed E-state index contributed by atoms with van der Waals surface area (Å²) in [6.45, 7) is -0.163. The standard InChI is InChI=1S/C15H9Cl2F4NO/c16-11-6-12(17)13(18)5-10(11)14(23)22-7-8-2-1-3-9(4-8)15(19,20)21/h1-6H,7H2,(H,22,23). The smallest absolute Gasteiger partial charge is 0.348 e. The van der Waals surface area contributed by atoms with Crippen LogP contribution >= 0.6 is 23.2 Å². The Morgan fingerprint density at radius 3 is 2.43 bits per heavy atom. The molecule has 0 bridgehead atoms. The second-order valence-corrected chi connectivity index (χ2v) is 5.44. The summed E-state index contributed by atoms with van der Waals surface area (Å²) in [7, 11) is 0. The number of hydrogen-bond donors (Lipinski definition) is 1. The average Bonchev–Trinajstić information content (AvgIpc) is 2.48. The molecule has 0 aliphatic heterocycles. The third-order valence-corrected chi connectivity index (χ3v) is 3.56. The quantitative estimate of drug-likeness (QED) is 0.596. The van der Waals surface area contributed by atoms with Crippen LogP contribution in [0.5, 0.6) is 0 Å². The molecule has 0 saturated carbocycles. The van der Waals surface area contributed by atoms with E-state index in [9.17, 15) is 22.4 Å². The second kappa shape index (κ2) is 6.76. The van der Waals surface area contributed by atoms with Crippen molar-refractivity contribution in [1.29, 1.82) is 0 Å². The minimum absolute atomic E-state index is 0.0575. The molecule has 0 aromatic heterocycles. The Balaban J connectivity index is 2.12. The van der Waals surface area contributed by atoms with E-state index < -0.39 is 23.5 Å². The van der Waals surface area contributed by atoms with Crippen LogP contribution in [0.1, 0.15) is 21.5 Å². The van der Waals surface area contributed by atoms with Gasteiger partial charge in [0.25, 0.3) is 5.91 Å². The minimum Gasteiger partial charge on any atom is -0.348 e. The topological polar surface area (TPSA) is 29.1 Å². The molecule has 1 amide bonds. The van der Waals surface area contributed by atoms with Crippen LogP contribution in [0.2, 0.25) is 10.0 Å². The molecule has 122 valence electrons. The van der Waals surface area contributed by atoms with Gasteiger partial charge in [-0.05, 0) is 29.8 Å². The lowest BCUT2D eigenvalue weighted by Crippen LogP contribution is -2.23. The number of nitrogens with one attached hydrogen (secondary N) is 1. The average molecular weight is 366 g/mol. The predicted octanol–water partition coefficient (Wildman–Crippen LogP) is 5.08. The van der Waals surface area contributed by atoms with Gasteiger partial charge >= 0.3 is 6.18 Å². The zero-order chi connectivity index (χ0) is 17.2. The van der Waals surface area contributed by atoms with Crippen molar-refractivity contribution in [3.05, 3.63) is 69.0 Å². The maximum Gasteiger partial charge on any atom is 0.416 e. The van der Waals surface area contributed by atoms with E-state index in [-0.39, 0.29) is 27.7 Å². The number of amides is 1. The van der Waals surface area contributed by atoms with Crippen LogP contribution in [-0.4, -0.2) is 5.91 Å². The molecule has 0 aliphatic rings. The molecule has 0 spiro atoms. The van der Waals surface area contributed by atoms with Gasteiger partial charge in [0.15, 0.2) is 0 Å². The van der Waals surface area contributed by atoms with Crippen LogP contribution in [0.15, 0.2) is 36.4 Å². The Labute approximate surface area is 139 Å². The first-order valence-electron chi connectivity index (χ1n) is 6.27. The SMILES string of the molecule is O=C(NCc1cccc(C(F)(F)F)c1)c1cc(F)c(Cl)cc1Cl. The number of hydrogen-bond acceptors (Lipinski definition) is 1. The summed E-state index contributed by atoms with van der Waals surface area (Å²) < 4.78 is 51.2. The van der Waals surface area contributed by atoms with E-state index in [2.05, 4.69) is 5.32 Å². The summed E-state index contributed by atoms with van der Waals surface area (Å²) >= 11 is 11.3. The number of carbonyl (C=O) groups is 1. The molecule has 2 nitrogen and oxygen atoms in total. The van der Waals surface area contributed by atoms with Crippen molar-refractivity contribution in [3.8, 4) is 0 Å². The number of benzene rings is 2. The highest BCUT2D eigenvalue weighted by Gasteiger charge is 2.30. The molecule has 2 rings (SSSR count). The number of halogens is 6. The maximum atomic E-state index is 13.4. The fraction of sp³-hybridized carbons (Fsp3) is 0.133. The Hall–Kier alpha value is -1.79. The monoisotopic (exact) mass is 365 g/mol. The van der Waals surface area contributed by atoms with Gasteiger partial charge in [0.05, 0.1) is 21.2 Å². The molecule has 0 fully saturated rings. The minimum atomic E-state index is -4.47. The van der Waals surface area contributed by atoms with Gasteiger partial charge in [-0.1, -0.05) is 35.3 Å². The van der Waals surface area contributed by atoms with Crippen molar-refractivity contribution < 1.29 is 22.4 Å². The van der Waals surface area contributed by atoms with Crippen LogP contribution in [0.3, 0.4) is 0 Å². The van der Waals surface area contributed by atoms with E-state index in [1.807, 2.05) is 0 Å². The first kappa shape index (κ1) is 17.6. The fourth-order valence-corrected chi connectivity index (χ4v) is 2.30. The van der Waals surface area contributed by atoms with E-state index in [0.717, 1.165) is 24.3 Å². The first-order valence-corrected chi connectivity index (χ1v) is 7.03. The second-order valence-electron chi connectivity index (χ2n) is 4.63. The Morgan fingerprint density at radius 1 is 1.09 bits per heavy atom. The van der Waals surface area contributed by atoms with Crippen LogP contribution in [0.25, 0.3) is 0 Å².